The van der Waals surface area contributed by atoms with Gasteiger partial charge in [0.25, 0.3) is 5.91 Å². The monoisotopic (exact) mass is 502 g/mol. The van der Waals surface area contributed by atoms with Gasteiger partial charge in [0.05, 0.1) is 0 Å². The number of hydrogen-bond acceptors (Lipinski definition) is 6. The summed E-state index contributed by atoms with van der Waals surface area (Å²) in [5.74, 6) is 0.579. The number of aromatic nitrogens is 2. The Kier molecular flexibility index (Phi) is 14.6. The number of nitrogens with one attached hydrogen (secondary N) is 3. The summed E-state index contributed by atoms with van der Waals surface area (Å²) >= 11 is 5.94. The van der Waals surface area contributed by atoms with Crippen molar-refractivity contribution in [2.75, 3.05) is 23.0 Å². The van der Waals surface area contributed by atoms with Crippen LogP contribution in [0.1, 0.15) is 107 Å². The molecular weight excluding hydrogens is 460 g/mol. The van der Waals surface area contributed by atoms with Crippen molar-refractivity contribution in [3.8, 4) is 0 Å². The summed E-state index contributed by atoms with van der Waals surface area (Å²) < 4.78 is 0. The number of hydrogen-bond donors (Lipinski definition) is 4. The van der Waals surface area contributed by atoms with Crippen LogP contribution in [-0.2, 0) is 0 Å². The fraction of sp³-hybridized carbons (Fsp3) is 0.593. The lowest BCUT2D eigenvalue weighted by Crippen LogP contribution is -2.30. The van der Waals surface area contributed by atoms with Crippen LogP contribution < -0.4 is 21.9 Å². The molecule has 0 aliphatic heterocycles. The molecule has 194 valence electrons. The lowest BCUT2D eigenvalue weighted by molar-refractivity contribution is 0.0962. The van der Waals surface area contributed by atoms with Crippen molar-refractivity contribution in [3.63, 3.8) is 0 Å². The predicted octanol–water partition coefficient (Wildman–Crippen LogP) is 7.36. The smallest absolute Gasteiger partial charge is 0.269 e. The van der Waals surface area contributed by atoms with Crippen LogP contribution in [0.2, 0.25) is 5.02 Å². The zero-order valence-electron chi connectivity index (χ0n) is 21.3. The zero-order valence-corrected chi connectivity index (χ0v) is 22.0. The average Bonchev–Trinajstić information content (AvgIpc) is 2.86. The predicted molar refractivity (Wildman–Crippen MR) is 148 cm³/mol. The largest absolute Gasteiger partial charge is 0.393 e. The van der Waals surface area contributed by atoms with Crippen LogP contribution >= 0.6 is 11.6 Å². The number of benzene rings is 1. The standard InChI is InChI=1S/C27H43ClN6O/c1-2-3-4-5-6-7-8-9-10-11-12-13-14-15-19-30-25-24(29)26(32-21-31-25)33-34-27(35)22-17-16-18-23(28)20-22/h16-18,20-21H,2-15,19,29H2,1H3,(H,34,35)(H2,30,31,32,33). The fourth-order valence-corrected chi connectivity index (χ4v) is 4.17. The third kappa shape index (κ3) is 12.1. The van der Waals surface area contributed by atoms with E-state index >= 15 is 0 Å². The molecule has 0 saturated carbocycles. The first-order valence-electron chi connectivity index (χ1n) is 13.3. The molecule has 0 unspecified atom stereocenters. The van der Waals surface area contributed by atoms with E-state index in [1.165, 1.54) is 89.8 Å². The van der Waals surface area contributed by atoms with Gasteiger partial charge in [-0.3, -0.25) is 15.6 Å². The maximum absolute atomic E-state index is 12.3. The topological polar surface area (TPSA) is 105 Å². The van der Waals surface area contributed by atoms with E-state index in [-0.39, 0.29) is 5.91 Å². The molecular formula is C27H43ClN6O. The molecule has 0 bridgehead atoms. The van der Waals surface area contributed by atoms with Gasteiger partial charge < -0.3 is 11.1 Å². The second-order valence-corrected chi connectivity index (χ2v) is 9.53. The highest BCUT2D eigenvalue weighted by molar-refractivity contribution is 6.30. The Balaban J connectivity index is 1.53. The minimum atomic E-state index is -0.331. The quantitative estimate of drug-likeness (QED) is 0.118. The Hall–Kier alpha value is -2.54. The summed E-state index contributed by atoms with van der Waals surface area (Å²) in [5.41, 5.74) is 12.3. The van der Waals surface area contributed by atoms with Crippen LogP contribution in [0.15, 0.2) is 30.6 Å². The van der Waals surface area contributed by atoms with E-state index in [0.29, 0.717) is 27.9 Å². The van der Waals surface area contributed by atoms with Gasteiger partial charge in [-0.1, -0.05) is 108 Å². The minimum absolute atomic E-state index is 0.331. The number of anilines is 3. The number of carbonyl (C=O) groups excluding carboxylic acids is 1. The Bertz CT molecular complexity index is 863. The molecule has 0 aliphatic carbocycles. The van der Waals surface area contributed by atoms with Crippen molar-refractivity contribution in [3.05, 3.63) is 41.2 Å². The van der Waals surface area contributed by atoms with Gasteiger partial charge in [-0.2, -0.15) is 0 Å². The molecule has 0 spiro atoms. The van der Waals surface area contributed by atoms with Crippen LogP contribution in [0.4, 0.5) is 17.3 Å². The maximum atomic E-state index is 12.3. The highest BCUT2D eigenvalue weighted by atomic mass is 35.5. The summed E-state index contributed by atoms with van der Waals surface area (Å²) in [7, 11) is 0. The third-order valence-electron chi connectivity index (χ3n) is 6.09. The van der Waals surface area contributed by atoms with E-state index < -0.39 is 0 Å². The molecule has 8 heteroatoms. The van der Waals surface area contributed by atoms with Crippen LogP contribution in [0, 0.1) is 0 Å². The number of carbonyl (C=O) groups is 1. The van der Waals surface area contributed by atoms with E-state index in [1.54, 1.807) is 24.3 Å². The molecule has 7 nitrogen and oxygen atoms in total. The molecule has 0 radical (unpaired) electrons. The normalized spacial score (nSPS) is 10.8. The van der Waals surface area contributed by atoms with Gasteiger partial charge in [0, 0.05) is 17.1 Å². The van der Waals surface area contributed by atoms with E-state index in [0.717, 1.165) is 13.0 Å². The summed E-state index contributed by atoms with van der Waals surface area (Å²) in [4.78, 5) is 20.6. The minimum Gasteiger partial charge on any atom is -0.393 e. The highest BCUT2D eigenvalue weighted by Gasteiger charge is 2.10. The molecule has 1 amide bonds. The lowest BCUT2D eigenvalue weighted by atomic mass is 10.0. The van der Waals surface area contributed by atoms with Crippen molar-refractivity contribution < 1.29 is 4.79 Å². The summed E-state index contributed by atoms with van der Waals surface area (Å²) in [6, 6.07) is 6.70. The molecule has 1 aromatic carbocycles. The van der Waals surface area contributed by atoms with E-state index in [2.05, 4.69) is 33.1 Å². The fourth-order valence-electron chi connectivity index (χ4n) is 3.98. The molecule has 2 aromatic rings. The van der Waals surface area contributed by atoms with E-state index in [1.807, 2.05) is 0 Å². The number of halogens is 1. The lowest BCUT2D eigenvalue weighted by Gasteiger charge is -2.13. The maximum Gasteiger partial charge on any atom is 0.269 e. The molecule has 1 heterocycles. The summed E-state index contributed by atoms with van der Waals surface area (Å²) in [5, 5.41) is 3.77. The van der Waals surface area contributed by atoms with Gasteiger partial charge in [-0.05, 0) is 24.6 Å². The van der Waals surface area contributed by atoms with Gasteiger partial charge in [0.2, 0.25) is 0 Å². The van der Waals surface area contributed by atoms with Gasteiger partial charge in [0.1, 0.15) is 12.0 Å². The first kappa shape index (κ1) is 28.7. The Morgan fingerprint density at radius 2 is 1.43 bits per heavy atom. The highest BCUT2D eigenvalue weighted by Crippen LogP contribution is 2.22. The van der Waals surface area contributed by atoms with Crippen molar-refractivity contribution in [2.45, 2.75) is 96.8 Å². The third-order valence-corrected chi connectivity index (χ3v) is 6.32. The molecule has 0 fully saturated rings. The molecule has 0 saturated heterocycles. The first-order chi connectivity index (χ1) is 17.1. The zero-order chi connectivity index (χ0) is 25.1. The number of amides is 1. The molecule has 1 aromatic heterocycles. The number of hydrazine groups is 1. The van der Waals surface area contributed by atoms with Crippen molar-refractivity contribution in [2.24, 2.45) is 0 Å². The molecule has 5 N–H and O–H groups in total. The first-order valence-corrected chi connectivity index (χ1v) is 13.7. The van der Waals surface area contributed by atoms with Crippen molar-refractivity contribution in [1.82, 2.24) is 15.4 Å². The summed E-state index contributed by atoms with van der Waals surface area (Å²) in [6.45, 7) is 3.07. The molecule has 0 atom stereocenters. The van der Waals surface area contributed by atoms with Crippen molar-refractivity contribution in [1.29, 1.82) is 0 Å². The SMILES string of the molecule is CCCCCCCCCCCCCCCCNc1ncnc(NNC(=O)c2cccc(Cl)c2)c1N. The van der Waals surface area contributed by atoms with E-state index in [4.69, 9.17) is 17.3 Å². The number of rotatable bonds is 19. The Labute approximate surface area is 216 Å². The van der Waals surface area contributed by atoms with E-state index in [9.17, 15) is 4.79 Å². The molecule has 0 aliphatic rings. The van der Waals surface area contributed by atoms with Crippen LogP contribution in [0.3, 0.4) is 0 Å². The van der Waals surface area contributed by atoms with Crippen LogP contribution in [-0.4, -0.2) is 22.4 Å². The summed E-state index contributed by atoms with van der Waals surface area (Å²) in [6.07, 6.45) is 20.1. The second kappa shape index (κ2) is 17.8. The molecule has 35 heavy (non-hydrogen) atoms. The number of nitrogens with two attached hydrogens (primary N) is 1. The van der Waals surface area contributed by atoms with Crippen LogP contribution in [0.25, 0.3) is 0 Å². The number of nitrogens with zero attached hydrogens (tertiary/aromatic N) is 2. The number of nitrogen functional groups attached to an aromatic ring is 1. The van der Waals surface area contributed by atoms with Gasteiger partial charge in [-0.25, -0.2) is 9.97 Å². The Morgan fingerprint density at radius 1 is 0.857 bits per heavy atom. The molecule has 2 rings (SSSR count). The van der Waals surface area contributed by atoms with Crippen molar-refractivity contribution >= 4 is 34.8 Å². The van der Waals surface area contributed by atoms with Gasteiger partial charge >= 0.3 is 0 Å². The Morgan fingerprint density at radius 3 is 2.03 bits per heavy atom. The van der Waals surface area contributed by atoms with Gasteiger partial charge in [0.15, 0.2) is 11.6 Å². The average molecular weight is 503 g/mol. The van der Waals surface area contributed by atoms with Gasteiger partial charge in [-0.15, -0.1) is 0 Å². The second-order valence-electron chi connectivity index (χ2n) is 9.10. The number of unbranched alkanes of at least 4 members (excludes halogenated alkanes) is 13. The van der Waals surface area contributed by atoms with Crippen LogP contribution in [0.5, 0.6) is 0 Å².